The van der Waals surface area contributed by atoms with Crippen molar-refractivity contribution in [2.45, 2.75) is 6.42 Å². The summed E-state index contributed by atoms with van der Waals surface area (Å²) >= 11 is 6.00. The summed E-state index contributed by atoms with van der Waals surface area (Å²) in [4.78, 5) is 16.5. The molecule has 0 fully saturated rings. The zero-order chi connectivity index (χ0) is 16.2. The summed E-state index contributed by atoms with van der Waals surface area (Å²) < 4.78 is 5.27. The van der Waals surface area contributed by atoms with E-state index in [2.05, 4.69) is 10.3 Å². The highest BCUT2D eigenvalue weighted by atomic mass is 35.5. The first kappa shape index (κ1) is 15.3. The van der Waals surface area contributed by atoms with Crippen molar-refractivity contribution in [3.8, 4) is 5.75 Å². The number of hydrogen-bond donors (Lipinski definition) is 1. The molecule has 0 saturated heterocycles. The lowest BCUT2D eigenvalue weighted by Gasteiger charge is -2.11. The van der Waals surface area contributed by atoms with Crippen molar-refractivity contribution >= 4 is 34.0 Å². The molecule has 0 radical (unpaired) electrons. The SMILES string of the molecule is COc1ccc(Cl)cc1CC(=O)Nc1cncc2ccccc12. The zero-order valence-electron chi connectivity index (χ0n) is 12.5. The van der Waals surface area contributed by atoms with Crippen LogP contribution in [0.15, 0.2) is 54.9 Å². The smallest absolute Gasteiger partial charge is 0.228 e. The fourth-order valence-corrected chi connectivity index (χ4v) is 2.66. The van der Waals surface area contributed by atoms with Crippen LogP contribution in [0.2, 0.25) is 5.02 Å². The van der Waals surface area contributed by atoms with Gasteiger partial charge >= 0.3 is 0 Å². The third kappa shape index (κ3) is 3.43. The highest BCUT2D eigenvalue weighted by molar-refractivity contribution is 6.30. The molecule has 0 aliphatic rings. The van der Waals surface area contributed by atoms with Gasteiger partial charge in [-0.25, -0.2) is 0 Å². The third-order valence-electron chi connectivity index (χ3n) is 3.54. The molecule has 4 nitrogen and oxygen atoms in total. The minimum absolute atomic E-state index is 0.149. The number of halogens is 1. The number of nitrogens with one attached hydrogen (secondary N) is 1. The molecule has 3 rings (SSSR count). The number of ether oxygens (including phenoxy) is 1. The molecular weight excluding hydrogens is 312 g/mol. The Balaban J connectivity index is 1.83. The van der Waals surface area contributed by atoms with Crippen molar-refractivity contribution in [2.75, 3.05) is 12.4 Å². The van der Waals surface area contributed by atoms with Gasteiger partial charge in [-0.05, 0) is 18.2 Å². The maximum atomic E-state index is 12.4. The van der Waals surface area contributed by atoms with Crippen molar-refractivity contribution in [1.82, 2.24) is 4.98 Å². The molecule has 1 amide bonds. The van der Waals surface area contributed by atoms with Crippen LogP contribution in [-0.4, -0.2) is 18.0 Å². The Hall–Kier alpha value is -2.59. The number of aromatic nitrogens is 1. The van der Waals surface area contributed by atoms with Gasteiger partial charge in [-0.3, -0.25) is 9.78 Å². The Labute approximate surface area is 139 Å². The number of hydrogen-bond acceptors (Lipinski definition) is 3. The van der Waals surface area contributed by atoms with Crippen LogP contribution in [0, 0.1) is 0 Å². The maximum absolute atomic E-state index is 12.4. The van der Waals surface area contributed by atoms with Crippen molar-refractivity contribution in [1.29, 1.82) is 0 Å². The molecule has 0 spiro atoms. The number of benzene rings is 2. The van der Waals surface area contributed by atoms with E-state index in [1.165, 1.54) is 0 Å². The molecule has 0 unspecified atom stereocenters. The number of fused-ring (bicyclic) bond motifs is 1. The van der Waals surface area contributed by atoms with E-state index in [1.54, 1.807) is 37.7 Å². The second-order valence-electron chi connectivity index (χ2n) is 5.09. The number of nitrogens with zero attached hydrogens (tertiary/aromatic N) is 1. The monoisotopic (exact) mass is 326 g/mol. The van der Waals surface area contributed by atoms with E-state index in [-0.39, 0.29) is 12.3 Å². The molecule has 0 aliphatic carbocycles. The van der Waals surface area contributed by atoms with E-state index in [4.69, 9.17) is 16.3 Å². The van der Waals surface area contributed by atoms with Gasteiger partial charge in [0.15, 0.2) is 0 Å². The van der Waals surface area contributed by atoms with E-state index in [0.717, 1.165) is 16.3 Å². The lowest BCUT2D eigenvalue weighted by molar-refractivity contribution is -0.115. The normalized spacial score (nSPS) is 10.5. The molecule has 23 heavy (non-hydrogen) atoms. The molecule has 0 atom stereocenters. The van der Waals surface area contributed by atoms with Crippen LogP contribution in [-0.2, 0) is 11.2 Å². The van der Waals surface area contributed by atoms with Gasteiger partial charge in [0.25, 0.3) is 0 Å². The van der Waals surface area contributed by atoms with Gasteiger partial charge in [-0.2, -0.15) is 0 Å². The number of carbonyl (C=O) groups excluding carboxylic acids is 1. The van der Waals surface area contributed by atoms with Crippen molar-refractivity contribution in [2.24, 2.45) is 0 Å². The number of anilines is 1. The predicted molar refractivity (Wildman–Crippen MR) is 92.1 cm³/mol. The van der Waals surface area contributed by atoms with Crippen LogP contribution in [0.1, 0.15) is 5.56 Å². The predicted octanol–water partition coefficient (Wildman–Crippen LogP) is 4.08. The molecule has 1 heterocycles. The first-order chi connectivity index (χ1) is 11.2. The second-order valence-corrected chi connectivity index (χ2v) is 5.53. The van der Waals surface area contributed by atoms with Gasteiger partial charge in [-0.1, -0.05) is 35.9 Å². The molecule has 2 aromatic carbocycles. The Morgan fingerprint density at radius 2 is 2.04 bits per heavy atom. The van der Waals surface area contributed by atoms with Crippen LogP contribution >= 0.6 is 11.6 Å². The van der Waals surface area contributed by atoms with Crippen LogP contribution in [0.3, 0.4) is 0 Å². The quantitative estimate of drug-likeness (QED) is 0.786. The molecule has 0 aliphatic heterocycles. The number of carbonyl (C=O) groups is 1. The number of rotatable bonds is 4. The Bertz CT molecular complexity index is 859. The molecule has 116 valence electrons. The van der Waals surface area contributed by atoms with E-state index in [1.807, 2.05) is 24.3 Å². The standard InChI is InChI=1S/C18H15ClN2O2/c1-23-17-7-6-14(19)8-13(17)9-18(22)21-16-11-20-10-12-4-2-3-5-15(12)16/h2-8,10-11H,9H2,1H3,(H,21,22). The van der Waals surface area contributed by atoms with E-state index >= 15 is 0 Å². The average Bonchev–Trinajstić information content (AvgIpc) is 2.55. The molecule has 1 aromatic heterocycles. The topological polar surface area (TPSA) is 51.2 Å². The van der Waals surface area contributed by atoms with Crippen LogP contribution in [0.5, 0.6) is 5.75 Å². The Kier molecular flexibility index (Phi) is 4.44. The first-order valence-corrected chi connectivity index (χ1v) is 7.50. The molecule has 0 bridgehead atoms. The minimum Gasteiger partial charge on any atom is -0.496 e. The summed E-state index contributed by atoms with van der Waals surface area (Å²) in [6, 6.07) is 13.0. The molecule has 5 heteroatoms. The Morgan fingerprint density at radius 1 is 1.22 bits per heavy atom. The summed E-state index contributed by atoms with van der Waals surface area (Å²) in [6.45, 7) is 0. The summed E-state index contributed by atoms with van der Waals surface area (Å²) in [5.74, 6) is 0.490. The fraction of sp³-hybridized carbons (Fsp3) is 0.111. The van der Waals surface area contributed by atoms with Gasteiger partial charge in [0.2, 0.25) is 5.91 Å². The van der Waals surface area contributed by atoms with E-state index < -0.39 is 0 Å². The lowest BCUT2D eigenvalue weighted by Crippen LogP contribution is -2.15. The van der Waals surface area contributed by atoms with Crippen molar-refractivity contribution < 1.29 is 9.53 Å². The van der Waals surface area contributed by atoms with Gasteiger partial charge in [0.1, 0.15) is 5.75 Å². The largest absolute Gasteiger partial charge is 0.496 e. The third-order valence-corrected chi connectivity index (χ3v) is 3.77. The van der Waals surface area contributed by atoms with Gasteiger partial charge in [0.05, 0.1) is 25.4 Å². The van der Waals surface area contributed by atoms with Crippen LogP contribution < -0.4 is 10.1 Å². The molecular formula is C18H15ClN2O2. The van der Waals surface area contributed by atoms with Gasteiger partial charge < -0.3 is 10.1 Å². The average molecular weight is 327 g/mol. The number of amides is 1. The first-order valence-electron chi connectivity index (χ1n) is 7.12. The van der Waals surface area contributed by atoms with Crippen molar-refractivity contribution in [3.63, 3.8) is 0 Å². The van der Waals surface area contributed by atoms with Gasteiger partial charge in [0, 0.05) is 27.6 Å². The van der Waals surface area contributed by atoms with Crippen LogP contribution in [0.25, 0.3) is 10.8 Å². The lowest BCUT2D eigenvalue weighted by atomic mass is 10.1. The highest BCUT2D eigenvalue weighted by Gasteiger charge is 2.11. The summed E-state index contributed by atoms with van der Waals surface area (Å²) in [5, 5.41) is 5.40. The summed E-state index contributed by atoms with van der Waals surface area (Å²) in [5.41, 5.74) is 1.43. The van der Waals surface area contributed by atoms with Crippen molar-refractivity contribution in [3.05, 3.63) is 65.4 Å². The summed E-state index contributed by atoms with van der Waals surface area (Å²) in [6.07, 6.45) is 3.59. The minimum atomic E-state index is -0.149. The maximum Gasteiger partial charge on any atom is 0.228 e. The fourth-order valence-electron chi connectivity index (χ4n) is 2.47. The second kappa shape index (κ2) is 6.67. The number of methoxy groups -OCH3 is 1. The zero-order valence-corrected chi connectivity index (χ0v) is 13.3. The van der Waals surface area contributed by atoms with Gasteiger partial charge in [-0.15, -0.1) is 0 Å². The summed E-state index contributed by atoms with van der Waals surface area (Å²) in [7, 11) is 1.57. The highest BCUT2D eigenvalue weighted by Crippen LogP contribution is 2.25. The van der Waals surface area contributed by atoms with E-state index in [0.29, 0.717) is 16.5 Å². The molecule has 3 aromatic rings. The Morgan fingerprint density at radius 3 is 2.87 bits per heavy atom. The van der Waals surface area contributed by atoms with E-state index in [9.17, 15) is 4.79 Å². The number of pyridine rings is 1. The molecule has 0 saturated carbocycles. The van der Waals surface area contributed by atoms with Crippen LogP contribution in [0.4, 0.5) is 5.69 Å². The molecule has 1 N–H and O–H groups in total.